The zero-order chi connectivity index (χ0) is 14.8. The molecule has 5 nitrogen and oxygen atoms in total. The highest BCUT2D eigenvalue weighted by molar-refractivity contribution is 5.95. The van der Waals surface area contributed by atoms with E-state index in [2.05, 4.69) is 5.32 Å². The number of carbonyl (C=O) groups is 2. The van der Waals surface area contributed by atoms with Crippen molar-refractivity contribution in [3.8, 4) is 0 Å². The van der Waals surface area contributed by atoms with E-state index in [1.54, 1.807) is 4.90 Å². The van der Waals surface area contributed by atoms with Crippen LogP contribution in [0.4, 0.5) is 0 Å². The van der Waals surface area contributed by atoms with Crippen LogP contribution in [0, 0.1) is 12.8 Å². The highest BCUT2D eigenvalue weighted by Gasteiger charge is 2.38. The van der Waals surface area contributed by atoms with Crippen molar-refractivity contribution in [1.82, 2.24) is 10.2 Å². The summed E-state index contributed by atoms with van der Waals surface area (Å²) in [5, 5.41) is 2.90. The predicted octanol–water partition coefficient (Wildman–Crippen LogP) is 2.00. The molecule has 1 N–H and O–H groups in total. The third-order valence-corrected chi connectivity index (χ3v) is 4.49. The van der Waals surface area contributed by atoms with Crippen LogP contribution in [0.3, 0.4) is 0 Å². The monoisotopic (exact) mass is 290 g/mol. The van der Waals surface area contributed by atoms with Crippen molar-refractivity contribution in [2.24, 2.45) is 5.92 Å². The molecule has 21 heavy (non-hydrogen) atoms. The van der Waals surface area contributed by atoms with E-state index in [4.69, 9.17) is 4.42 Å². The molecule has 0 bridgehead atoms. The Balaban J connectivity index is 1.71. The summed E-state index contributed by atoms with van der Waals surface area (Å²) in [5.74, 6) is 1.82. The topological polar surface area (TPSA) is 62.6 Å². The predicted molar refractivity (Wildman–Crippen MR) is 77.4 cm³/mol. The van der Waals surface area contributed by atoms with Gasteiger partial charge < -0.3 is 14.6 Å². The first-order valence-electron chi connectivity index (χ1n) is 7.77. The molecule has 2 amide bonds. The van der Waals surface area contributed by atoms with E-state index < -0.39 is 0 Å². The van der Waals surface area contributed by atoms with Gasteiger partial charge in [0.1, 0.15) is 24.1 Å². The maximum Gasteiger partial charge on any atom is 0.246 e. The van der Waals surface area contributed by atoms with Crippen molar-refractivity contribution in [3.05, 3.63) is 23.7 Å². The van der Waals surface area contributed by atoms with Gasteiger partial charge in [0.2, 0.25) is 11.8 Å². The smallest absolute Gasteiger partial charge is 0.246 e. The molecule has 0 aromatic carbocycles. The van der Waals surface area contributed by atoms with Gasteiger partial charge in [0.25, 0.3) is 0 Å². The number of aryl methyl sites for hydroxylation is 1. The molecule has 1 saturated carbocycles. The van der Waals surface area contributed by atoms with Gasteiger partial charge in [-0.1, -0.05) is 19.3 Å². The number of carbonyl (C=O) groups excluding carboxylic acids is 2. The van der Waals surface area contributed by atoms with Gasteiger partial charge in [-0.05, 0) is 37.8 Å². The lowest BCUT2D eigenvalue weighted by molar-refractivity contribution is -0.147. The van der Waals surface area contributed by atoms with Crippen LogP contribution in [-0.4, -0.2) is 29.3 Å². The number of piperazine rings is 1. The van der Waals surface area contributed by atoms with Crippen molar-refractivity contribution < 1.29 is 14.0 Å². The number of nitrogens with one attached hydrogen (secondary N) is 1. The normalized spacial score (nSPS) is 24.2. The average Bonchev–Trinajstić information content (AvgIpc) is 2.89. The third kappa shape index (κ3) is 3.12. The fraction of sp³-hybridized carbons (Fsp3) is 0.625. The molecule has 1 unspecified atom stereocenters. The van der Waals surface area contributed by atoms with E-state index in [9.17, 15) is 9.59 Å². The standard InChI is InChI=1S/C16H22N2O3/c1-11-7-8-13(21-11)9-18-10-14(19)17-15(16(18)20)12-5-3-2-4-6-12/h7-8,12,15H,2-6,9-10H2,1H3,(H,17,19). The first-order chi connectivity index (χ1) is 10.1. The summed E-state index contributed by atoms with van der Waals surface area (Å²) < 4.78 is 5.52. The van der Waals surface area contributed by atoms with Gasteiger partial charge in [-0.3, -0.25) is 9.59 Å². The van der Waals surface area contributed by atoms with Crippen LogP contribution in [0.25, 0.3) is 0 Å². The summed E-state index contributed by atoms with van der Waals surface area (Å²) >= 11 is 0. The average molecular weight is 290 g/mol. The maximum absolute atomic E-state index is 12.7. The molecule has 2 aliphatic rings. The molecule has 2 heterocycles. The minimum absolute atomic E-state index is 0.0375. The van der Waals surface area contributed by atoms with Crippen molar-refractivity contribution in [1.29, 1.82) is 0 Å². The van der Waals surface area contributed by atoms with Gasteiger partial charge in [-0.2, -0.15) is 0 Å². The lowest BCUT2D eigenvalue weighted by Gasteiger charge is -2.37. The summed E-state index contributed by atoms with van der Waals surface area (Å²) in [7, 11) is 0. The molecular formula is C16H22N2O3. The summed E-state index contributed by atoms with van der Waals surface area (Å²) in [6.07, 6.45) is 5.61. The van der Waals surface area contributed by atoms with Crippen LogP contribution >= 0.6 is 0 Å². The van der Waals surface area contributed by atoms with E-state index in [0.29, 0.717) is 6.54 Å². The molecule has 2 fully saturated rings. The van der Waals surface area contributed by atoms with E-state index in [1.807, 2.05) is 19.1 Å². The van der Waals surface area contributed by atoms with Gasteiger partial charge >= 0.3 is 0 Å². The first kappa shape index (κ1) is 14.2. The molecule has 5 heteroatoms. The minimum Gasteiger partial charge on any atom is -0.464 e. The summed E-state index contributed by atoms with van der Waals surface area (Å²) in [4.78, 5) is 26.2. The molecule has 0 radical (unpaired) electrons. The molecule has 1 saturated heterocycles. The second-order valence-electron chi connectivity index (χ2n) is 6.15. The Hall–Kier alpha value is -1.78. The molecule has 1 aliphatic carbocycles. The fourth-order valence-electron chi connectivity index (χ4n) is 3.41. The zero-order valence-electron chi connectivity index (χ0n) is 12.4. The van der Waals surface area contributed by atoms with Crippen LogP contribution in [0.1, 0.15) is 43.6 Å². The molecule has 1 aliphatic heterocycles. The Morgan fingerprint density at radius 2 is 2.00 bits per heavy atom. The molecule has 1 aromatic rings. The van der Waals surface area contributed by atoms with Crippen LogP contribution in [0.2, 0.25) is 0 Å². The van der Waals surface area contributed by atoms with Crippen molar-refractivity contribution in [3.63, 3.8) is 0 Å². The highest BCUT2D eigenvalue weighted by atomic mass is 16.3. The molecule has 0 spiro atoms. The zero-order valence-corrected chi connectivity index (χ0v) is 12.4. The van der Waals surface area contributed by atoms with E-state index in [1.165, 1.54) is 6.42 Å². The van der Waals surface area contributed by atoms with Gasteiger partial charge in [0, 0.05) is 0 Å². The van der Waals surface area contributed by atoms with Crippen molar-refractivity contribution >= 4 is 11.8 Å². The number of furan rings is 1. The number of nitrogens with zero attached hydrogens (tertiary/aromatic N) is 1. The Bertz CT molecular complexity index is 531. The summed E-state index contributed by atoms with van der Waals surface area (Å²) in [6.45, 7) is 2.38. The Morgan fingerprint density at radius 1 is 1.24 bits per heavy atom. The van der Waals surface area contributed by atoms with E-state index >= 15 is 0 Å². The molecular weight excluding hydrogens is 268 g/mol. The Morgan fingerprint density at radius 3 is 2.67 bits per heavy atom. The fourth-order valence-corrected chi connectivity index (χ4v) is 3.41. The van der Waals surface area contributed by atoms with E-state index in [-0.39, 0.29) is 30.3 Å². The lowest BCUT2D eigenvalue weighted by atomic mass is 9.82. The van der Waals surface area contributed by atoms with Crippen molar-refractivity contribution in [2.45, 2.75) is 51.6 Å². The van der Waals surface area contributed by atoms with Gasteiger partial charge in [0.05, 0.1) is 6.54 Å². The van der Waals surface area contributed by atoms with E-state index in [0.717, 1.165) is 37.2 Å². The second-order valence-corrected chi connectivity index (χ2v) is 6.15. The Labute approximate surface area is 124 Å². The largest absolute Gasteiger partial charge is 0.464 e. The van der Waals surface area contributed by atoms with Gasteiger partial charge in [-0.25, -0.2) is 0 Å². The number of rotatable bonds is 3. The second kappa shape index (κ2) is 5.92. The van der Waals surface area contributed by atoms with Crippen molar-refractivity contribution in [2.75, 3.05) is 6.54 Å². The molecule has 3 rings (SSSR count). The minimum atomic E-state index is -0.345. The molecule has 1 aromatic heterocycles. The quantitative estimate of drug-likeness (QED) is 0.926. The van der Waals surface area contributed by atoms with Crippen LogP contribution in [0.15, 0.2) is 16.5 Å². The van der Waals surface area contributed by atoms with Crippen LogP contribution < -0.4 is 5.32 Å². The van der Waals surface area contributed by atoms with Gasteiger partial charge in [0.15, 0.2) is 0 Å². The third-order valence-electron chi connectivity index (χ3n) is 4.49. The lowest BCUT2D eigenvalue weighted by Crippen LogP contribution is -2.60. The molecule has 114 valence electrons. The SMILES string of the molecule is Cc1ccc(CN2CC(=O)NC(C3CCCCC3)C2=O)o1. The summed E-state index contributed by atoms with van der Waals surface area (Å²) in [6, 6.07) is 3.40. The highest BCUT2D eigenvalue weighted by Crippen LogP contribution is 2.28. The first-order valence-corrected chi connectivity index (χ1v) is 7.77. The molecule has 1 atom stereocenters. The number of hydrogen-bond acceptors (Lipinski definition) is 3. The summed E-state index contributed by atoms with van der Waals surface area (Å²) in [5.41, 5.74) is 0. The maximum atomic E-state index is 12.7. The van der Waals surface area contributed by atoms with Gasteiger partial charge in [-0.15, -0.1) is 0 Å². The number of hydrogen-bond donors (Lipinski definition) is 1. The van der Waals surface area contributed by atoms with Crippen LogP contribution in [0.5, 0.6) is 0 Å². The number of amides is 2. The Kier molecular flexibility index (Phi) is 3.99. The van der Waals surface area contributed by atoms with Crippen LogP contribution in [-0.2, 0) is 16.1 Å².